The normalized spacial score (nSPS) is 10.5. The zero-order valence-electron chi connectivity index (χ0n) is 9.59. The van der Waals surface area contributed by atoms with Crippen molar-refractivity contribution >= 4 is 29.0 Å². The van der Waals surface area contributed by atoms with Gasteiger partial charge in [0.05, 0.1) is 5.56 Å². The molecule has 2 aromatic rings. The first kappa shape index (κ1) is 14.0. The molecular weight excluding hydrogens is 293 g/mol. The summed E-state index contributed by atoms with van der Waals surface area (Å²) < 4.78 is 26.3. The molecule has 0 radical (unpaired) electrons. The van der Waals surface area contributed by atoms with Crippen molar-refractivity contribution in [1.82, 2.24) is 0 Å². The first-order chi connectivity index (χ1) is 8.99. The number of hydrogen-bond acceptors (Lipinski definition) is 1. The summed E-state index contributed by atoms with van der Waals surface area (Å²) in [6.45, 7) is 0. The topological polar surface area (TPSA) is 17.1 Å². The van der Waals surface area contributed by atoms with Crippen LogP contribution in [0.5, 0.6) is 0 Å². The Morgan fingerprint density at radius 1 is 1.05 bits per heavy atom. The zero-order valence-corrected chi connectivity index (χ0v) is 11.1. The van der Waals surface area contributed by atoms with Crippen molar-refractivity contribution in [3.63, 3.8) is 0 Å². The average molecular weight is 301 g/mol. The van der Waals surface area contributed by atoms with Gasteiger partial charge in [-0.2, -0.15) is 0 Å². The Kier molecular flexibility index (Phi) is 4.17. The molecule has 98 valence electrons. The fraction of sp³-hybridized carbons (Fsp3) is 0.0714. The molecule has 0 spiro atoms. The summed E-state index contributed by atoms with van der Waals surface area (Å²) in [5.74, 6) is -2.13. The van der Waals surface area contributed by atoms with E-state index in [9.17, 15) is 13.6 Å². The van der Waals surface area contributed by atoms with Gasteiger partial charge in [-0.3, -0.25) is 4.79 Å². The minimum absolute atomic E-state index is 0.138. The molecule has 0 aliphatic carbocycles. The van der Waals surface area contributed by atoms with Crippen LogP contribution in [0.4, 0.5) is 8.78 Å². The standard InChI is InChI=1S/C14H8Cl2F2O/c15-11-2-1-3-12(16)10(11)7-14(19)9-5-4-8(17)6-13(9)18/h1-6H,7H2. The lowest BCUT2D eigenvalue weighted by Crippen LogP contribution is -2.07. The third-order valence-corrected chi connectivity index (χ3v) is 3.34. The monoisotopic (exact) mass is 300 g/mol. The second kappa shape index (κ2) is 5.68. The summed E-state index contributed by atoms with van der Waals surface area (Å²) >= 11 is 11.9. The Hall–Kier alpha value is -1.45. The first-order valence-corrected chi connectivity index (χ1v) is 6.16. The minimum Gasteiger partial charge on any atom is -0.294 e. The summed E-state index contributed by atoms with van der Waals surface area (Å²) in [6, 6.07) is 7.65. The summed E-state index contributed by atoms with van der Waals surface area (Å²) in [4.78, 5) is 12.0. The fourth-order valence-corrected chi connectivity index (χ4v) is 2.20. The SMILES string of the molecule is O=C(Cc1c(Cl)cccc1Cl)c1ccc(F)cc1F. The average Bonchev–Trinajstić information content (AvgIpc) is 2.33. The van der Waals surface area contributed by atoms with E-state index in [1.807, 2.05) is 0 Å². The molecule has 1 nitrogen and oxygen atoms in total. The highest BCUT2D eigenvalue weighted by Gasteiger charge is 2.16. The van der Waals surface area contributed by atoms with E-state index in [1.165, 1.54) is 0 Å². The largest absolute Gasteiger partial charge is 0.294 e. The molecule has 0 N–H and O–H groups in total. The van der Waals surface area contributed by atoms with Gasteiger partial charge in [0.25, 0.3) is 0 Å². The number of ketones is 1. The molecule has 0 aliphatic rings. The summed E-state index contributed by atoms with van der Waals surface area (Å²) in [7, 11) is 0. The number of halogens is 4. The summed E-state index contributed by atoms with van der Waals surface area (Å²) in [6.07, 6.45) is -0.138. The van der Waals surface area contributed by atoms with Crippen LogP contribution in [-0.4, -0.2) is 5.78 Å². The summed E-state index contributed by atoms with van der Waals surface area (Å²) in [5.41, 5.74) is 0.247. The molecule has 0 heterocycles. The van der Waals surface area contributed by atoms with Crippen LogP contribution in [0.3, 0.4) is 0 Å². The van der Waals surface area contributed by atoms with E-state index in [0.717, 1.165) is 12.1 Å². The van der Waals surface area contributed by atoms with Crippen molar-refractivity contribution in [2.75, 3.05) is 0 Å². The van der Waals surface area contributed by atoms with Crippen molar-refractivity contribution < 1.29 is 13.6 Å². The van der Waals surface area contributed by atoms with Crippen molar-refractivity contribution in [1.29, 1.82) is 0 Å². The van der Waals surface area contributed by atoms with E-state index < -0.39 is 17.4 Å². The predicted octanol–water partition coefficient (Wildman–Crippen LogP) is 4.70. The van der Waals surface area contributed by atoms with Crippen LogP contribution in [0.1, 0.15) is 15.9 Å². The van der Waals surface area contributed by atoms with E-state index in [-0.39, 0.29) is 12.0 Å². The quantitative estimate of drug-likeness (QED) is 0.751. The number of rotatable bonds is 3. The van der Waals surface area contributed by atoms with Gasteiger partial charge in [0.15, 0.2) is 5.78 Å². The predicted molar refractivity (Wildman–Crippen MR) is 70.9 cm³/mol. The molecular formula is C14H8Cl2F2O. The van der Waals surface area contributed by atoms with Crippen molar-refractivity contribution in [3.05, 3.63) is 69.2 Å². The van der Waals surface area contributed by atoms with Gasteiger partial charge < -0.3 is 0 Å². The third-order valence-electron chi connectivity index (χ3n) is 2.63. The number of Topliss-reactive ketones (excluding diaryl/α,β-unsaturated/α-hetero) is 1. The fourth-order valence-electron chi connectivity index (χ4n) is 1.67. The third kappa shape index (κ3) is 3.11. The van der Waals surface area contributed by atoms with Crippen molar-refractivity contribution in [3.8, 4) is 0 Å². The molecule has 0 aliphatic heterocycles. The maximum atomic E-state index is 13.5. The number of carbonyl (C=O) groups excluding carboxylic acids is 1. The molecule has 0 fully saturated rings. The molecule has 0 saturated heterocycles. The molecule has 19 heavy (non-hydrogen) atoms. The van der Waals surface area contributed by atoms with Crippen LogP contribution >= 0.6 is 23.2 Å². The van der Waals surface area contributed by atoms with Crippen molar-refractivity contribution in [2.24, 2.45) is 0 Å². The molecule has 0 amide bonds. The maximum Gasteiger partial charge on any atom is 0.170 e. The van der Waals surface area contributed by atoms with E-state index in [0.29, 0.717) is 21.7 Å². The molecule has 2 aromatic carbocycles. The van der Waals surface area contributed by atoms with Gasteiger partial charge >= 0.3 is 0 Å². The first-order valence-electron chi connectivity index (χ1n) is 5.40. The highest BCUT2D eigenvalue weighted by molar-refractivity contribution is 6.36. The molecule has 0 unspecified atom stereocenters. The highest BCUT2D eigenvalue weighted by atomic mass is 35.5. The van der Waals surface area contributed by atoms with E-state index >= 15 is 0 Å². The Bertz CT molecular complexity index is 621. The smallest absolute Gasteiger partial charge is 0.170 e. The molecule has 2 rings (SSSR count). The van der Waals surface area contributed by atoms with Gasteiger partial charge in [-0.25, -0.2) is 8.78 Å². The Morgan fingerprint density at radius 3 is 2.26 bits per heavy atom. The van der Waals surface area contributed by atoms with E-state index in [4.69, 9.17) is 23.2 Å². The van der Waals surface area contributed by atoms with Crippen LogP contribution in [0.15, 0.2) is 36.4 Å². The second-order valence-electron chi connectivity index (χ2n) is 3.92. The lowest BCUT2D eigenvalue weighted by atomic mass is 10.0. The molecule has 0 aromatic heterocycles. The van der Waals surface area contributed by atoms with Crippen LogP contribution in [0.25, 0.3) is 0 Å². The van der Waals surface area contributed by atoms with E-state index in [2.05, 4.69) is 0 Å². The van der Waals surface area contributed by atoms with Crippen LogP contribution in [-0.2, 0) is 6.42 Å². The Balaban J connectivity index is 2.31. The minimum atomic E-state index is -0.895. The zero-order chi connectivity index (χ0) is 14.0. The van der Waals surface area contributed by atoms with Gasteiger partial charge in [0, 0.05) is 22.5 Å². The van der Waals surface area contributed by atoms with Gasteiger partial charge in [-0.15, -0.1) is 0 Å². The van der Waals surface area contributed by atoms with Gasteiger partial charge in [-0.1, -0.05) is 29.3 Å². The van der Waals surface area contributed by atoms with E-state index in [1.54, 1.807) is 18.2 Å². The lowest BCUT2D eigenvalue weighted by Gasteiger charge is -2.07. The Labute approximate surface area is 118 Å². The van der Waals surface area contributed by atoms with Gasteiger partial charge in [0.2, 0.25) is 0 Å². The molecule has 5 heteroatoms. The van der Waals surface area contributed by atoms with Gasteiger partial charge in [0.1, 0.15) is 11.6 Å². The lowest BCUT2D eigenvalue weighted by molar-refractivity contribution is 0.0989. The molecule has 0 saturated carbocycles. The second-order valence-corrected chi connectivity index (χ2v) is 4.74. The van der Waals surface area contributed by atoms with Gasteiger partial charge in [-0.05, 0) is 29.8 Å². The van der Waals surface area contributed by atoms with Crippen molar-refractivity contribution in [2.45, 2.75) is 6.42 Å². The van der Waals surface area contributed by atoms with Crippen LogP contribution in [0, 0.1) is 11.6 Å². The molecule has 0 atom stereocenters. The number of benzene rings is 2. The summed E-state index contributed by atoms with van der Waals surface area (Å²) in [5, 5.41) is 0.673. The van der Waals surface area contributed by atoms with Crippen LogP contribution < -0.4 is 0 Å². The van der Waals surface area contributed by atoms with Crippen LogP contribution in [0.2, 0.25) is 10.0 Å². The number of hydrogen-bond donors (Lipinski definition) is 0. The highest BCUT2D eigenvalue weighted by Crippen LogP contribution is 2.26. The Morgan fingerprint density at radius 2 is 1.68 bits per heavy atom. The molecule has 0 bridgehead atoms. The number of carbonyl (C=O) groups is 1. The maximum absolute atomic E-state index is 13.5.